The van der Waals surface area contributed by atoms with Crippen molar-refractivity contribution in [2.24, 2.45) is 0 Å². The van der Waals surface area contributed by atoms with E-state index in [0.29, 0.717) is 5.69 Å². The molecule has 2 aromatic heterocycles. The van der Waals surface area contributed by atoms with E-state index in [1.807, 2.05) is 64.1 Å². The lowest BCUT2D eigenvalue weighted by Gasteiger charge is -2.29. The van der Waals surface area contributed by atoms with Crippen molar-refractivity contribution >= 4 is 40.9 Å². The Kier molecular flexibility index (Phi) is 5.29. The Morgan fingerprint density at radius 3 is 2.23 bits per heavy atom. The lowest BCUT2D eigenvalue weighted by atomic mass is 10.1. The molecular weight excluding hydrogens is 408 g/mol. The van der Waals surface area contributed by atoms with E-state index in [2.05, 4.69) is 14.9 Å². The number of rotatable bonds is 3. The second-order valence-electron chi connectivity index (χ2n) is 7.67. The lowest BCUT2D eigenvalue weighted by Crippen LogP contribution is -2.54. The molecule has 0 atom stereocenters. The number of benzene rings is 1. The number of anilines is 1. The minimum absolute atomic E-state index is 0.0442. The van der Waals surface area contributed by atoms with E-state index >= 15 is 0 Å². The van der Waals surface area contributed by atoms with Crippen molar-refractivity contribution in [2.75, 3.05) is 4.90 Å². The fourth-order valence-corrected chi connectivity index (χ4v) is 4.23. The number of aromatic nitrogens is 2. The van der Waals surface area contributed by atoms with Gasteiger partial charge in [0.1, 0.15) is 5.57 Å². The number of amides is 2. The third-order valence-electron chi connectivity index (χ3n) is 5.26. The maximum absolute atomic E-state index is 13.3. The number of nitrogens with zero attached hydrogens (tertiary/aromatic N) is 3. The van der Waals surface area contributed by atoms with Gasteiger partial charge in [-0.1, -0.05) is 6.07 Å². The van der Waals surface area contributed by atoms with Gasteiger partial charge < -0.3 is 4.57 Å². The fraction of sp³-hybridized carbons (Fsp3) is 0.167. The molecule has 3 aromatic rings. The number of nitrogens with one attached hydrogen (secondary N) is 1. The molecule has 1 aromatic carbocycles. The van der Waals surface area contributed by atoms with E-state index < -0.39 is 11.8 Å². The molecule has 0 unspecified atom stereocenters. The van der Waals surface area contributed by atoms with Crippen LogP contribution < -0.4 is 10.2 Å². The molecule has 1 N–H and O–H groups in total. The molecule has 7 heteroatoms. The van der Waals surface area contributed by atoms with Crippen LogP contribution in [0, 0.1) is 27.7 Å². The van der Waals surface area contributed by atoms with Crippen LogP contribution in [-0.2, 0) is 9.59 Å². The molecule has 0 radical (unpaired) electrons. The molecule has 0 spiro atoms. The van der Waals surface area contributed by atoms with E-state index in [0.717, 1.165) is 33.8 Å². The second kappa shape index (κ2) is 7.92. The van der Waals surface area contributed by atoms with Crippen molar-refractivity contribution < 1.29 is 9.59 Å². The highest BCUT2D eigenvalue weighted by Gasteiger charge is 2.35. The normalized spacial score (nSPS) is 15.5. The number of thiocarbonyl (C=S) groups is 1. The maximum Gasteiger partial charge on any atom is 0.270 e. The Bertz CT molecular complexity index is 1240. The summed E-state index contributed by atoms with van der Waals surface area (Å²) in [6, 6.07) is 11.6. The number of carbonyl (C=O) groups is 2. The van der Waals surface area contributed by atoms with E-state index in [-0.39, 0.29) is 10.7 Å². The second-order valence-corrected chi connectivity index (χ2v) is 8.06. The highest BCUT2D eigenvalue weighted by atomic mass is 32.1. The Labute approximate surface area is 186 Å². The van der Waals surface area contributed by atoms with Crippen LogP contribution in [0.2, 0.25) is 0 Å². The van der Waals surface area contributed by atoms with Gasteiger partial charge in [0.25, 0.3) is 11.8 Å². The standard InChI is InChI=1S/C24H22N4O2S/c1-14-9-15(2)11-20(10-14)28-23(30)21(22(29)26-24(28)31)13-18-12-16(3)27(17(18)4)19-5-7-25-8-6-19/h5-13H,1-4H3,(H,26,29,31). The van der Waals surface area contributed by atoms with Gasteiger partial charge in [-0.15, -0.1) is 0 Å². The molecule has 31 heavy (non-hydrogen) atoms. The first-order valence-electron chi connectivity index (χ1n) is 9.85. The molecule has 1 fully saturated rings. The van der Waals surface area contributed by atoms with Crippen LogP contribution in [0.15, 0.2) is 54.4 Å². The number of carbonyl (C=O) groups excluding carboxylic acids is 2. The molecule has 0 saturated carbocycles. The quantitative estimate of drug-likeness (QED) is 0.388. The maximum atomic E-state index is 13.3. The van der Waals surface area contributed by atoms with Crippen LogP contribution >= 0.6 is 12.2 Å². The minimum Gasteiger partial charge on any atom is -0.318 e. The van der Waals surface area contributed by atoms with Gasteiger partial charge in [-0.3, -0.25) is 24.8 Å². The van der Waals surface area contributed by atoms with Gasteiger partial charge >= 0.3 is 0 Å². The van der Waals surface area contributed by atoms with Crippen molar-refractivity contribution in [3.8, 4) is 5.69 Å². The van der Waals surface area contributed by atoms with Crippen LogP contribution in [0.1, 0.15) is 28.1 Å². The van der Waals surface area contributed by atoms with Crippen LogP contribution in [-0.4, -0.2) is 26.5 Å². The molecule has 4 rings (SSSR count). The van der Waals surface area contributed by atoms with E-state index in [1.165, 1.54) is 4.90 Å². The zero-order valence-corrected chi connectivity index (χ0v) is 18.6. The largest absolute Gasteiger partial charge is 0.318 e. The van der Waals surface area contributed by atoms with Crippen molar-refractivity contribution in [1.29, 1.82) is 0 Å². The number of hydrogen-bond acceptors (Lipinski definition) is 4. The van der Waals surface area contributed by atoms with E-state index in [4.69, 9.17) is 12.2 Å². The summed E-state index contributed by atoms with van der Waals surface area (Å²) in [5, 5.41) is 2.74. The Balaban J connectivity index is 1.78. The first-order chi connectivity index (χ1) is 14.8. The predicted molar refractivity (Wildman–Crippen MR) is 125 cm³/mol. The average molecular weight is 431 g/mol. The first-order valence-corrected chi connectivity index (χ1v) is 10.3. The molecular formula is C24H22N4O2S. The van der Waals surface area contributed by atoms with E-state index in [9.17, 15) is 9.59 Å². The highest BCUT2D eigenvalue weighted by Crippen LogP contribution is 2.27. The zero-order chi connectivity index (χ0) is 22.3. The fourth-order valence-electron chi connectivity index (χ4n) is 3.95. The zero-order valence-electron chi connectivity index (χ0n) is 17.8. The summed E-state index contributed by atoms with van der Waals surface area (Å²) < 4.78 is 2.06. The van der Waals surface area contributed by atoms with Crippen molar-refractivity contribution in [3.63, 3.8) is 0 Å². The van der Waals surface area contributed by atoms with Gasteiger partial charge in [0, 0.05) is 29.5 Å². The molecule has 1 aliphatic rings. The molecule has 0 bridgehead atoms. The molecule has 1 aliphatic heterocycles. The summed E-state index contributed by atoms with van der Waals surface area (Å²) in [6.07, 6.45) is 5.09. The SMILES string of the molecule is Cc1cc(C)cc(N2C(=O)C(=Cc3cc(C)n(-c4ccncc4)c3C)C(=O)NC2=S)c1. The topological polar surface area (TPSA) is 67.2 Å². The summed E-state index contributed by atoms with van der Waals surface area (Å²) in [6.45, 7) is 7.85. The van der Waals surface area contributed by atoms with Crippen molar-refractivity contribution in [1.82, 2.24) is 14.9 Å². The van der Waals surface area contributed by atoms with Crippen LogP contribution in [0.4, 0.5) is 5.69 Å². The smallest absolute Gasteiger partial charge is 0.270 e. The first kappa shape index (κ1) is 20.7. The summed E-state index contributed by atoms with van der Waals surface area (Å²) in [5.74, 6) is -0.934. The Morgan fingerprint density at radius 1 is 0.935 bits per heavy atom. The highest BCUT2D eigenvalue weighted by molar-refractivity contribution is 7.80. The minimum atomic E-state index is -0.496. The van der Waals surface area contributed by atoms with Crippen LogP contribution in [0.3, 0.4) is 0 Å². The number of hydrogen-bond donors (Lipinski definition) is 1. The molecule has 0 aliphatic carbocycles. The molecule has 3 heterocycles. The van der Waals surface area contributed by atoms with Gasteiger partial charge in [-0.25, -0.2) is 0 Å². The van der Waals surface area contributed by atoms with Gasteiger partial charge in [0.2, 0.25) is 0 Å². The predicted octanol–water partition coefficient (Wildman–Crippen LogP) is 3.94. The third-order valence-corrected chi connectivity index (χ3v) is 5.54. The number of aryl methyl sites for hydroxylation is 3. The van der Waals surface area contributed by atoms with Crippen molar-refractivity contribution in [2.45, 2.75) is 27.7 Å². The Hall–Kier alpha value is -3.58. The van der Waals surface area contributed by atoms with Gasteiger partial charge in [0.05, 0.1) is 5.69 Å². The van der Waals surface area contributed by atoms with Gasteiger partial charge in [-0.2, -0.15) is 0 Å². The molecule has 1 saturated heterocycles. The summed E-state index contributed by atoms with van der Waals surface area (Å²) >= 11 is 5.32. The van der Waals surface area contributed by atoms with Gasteiger partial charge in [0.15, 0.2) is 5.11 Å². The molecule has 156 valence electrons. The Morgan fingerprint density at radius 2 is 1.58 bits per heavy atom. The number of pyridine rings is 1. The lowest BCUT2D eigenvalue weighted by molar-refractivity contribution is -0.122. The third kappa shape index (κ3) is 3.80. The molecule has 2 amide bonds. The van der Waals surface area contributed by atoms with E-state index in [1.54, 1.807) is 18.5 Å². The summed E-state index contributed by atoms with van der Waals surface area (Å²) in [7, 11) is 0. The van der Waals surface area contributed by atoms with Crippen LogP contribution in [0.5, 0.6) is 0 Å². The van der Waals surface area contributed by atoms with Crippen LogP contribution in [0.25, 0.3) is 11.8 Å². The monoisotopic (exact) mass is 430 g/mol. The van der Waals surface area contributed by atoms with Crippen molar-refractivity contribution in [3.05, 3.63) is 82.4 Å². The molecule has 6 nitrogen and oxygen atoms in total. The van der Waals surface area contributed by atoms with Gasteiger partial charge in [-0.05, 0) is 93.0 Å². The summed E-state index contributed by atoms with van der Waals surface area (Å²) in [4.78, 5) is 31.5. The average Bonchev–Trinajstić information content (AvgIpc) is 2.98. The summed E-state index contributed by atoms with van der Waals surface area (Å²) in [5.41, 5.74) is 6.36.